The first-order chi connectivity index (χ1) is 6.38. The highest BCUT2D eigenvalue weighted by molar-refractivity contribution is 7.88. The molecule has 0 aliphatic carbocycles. The second kappa shape index (κ2) is 4.10. The largest absolute Gasteiger partial charge is 0.273 e. The normalized spacial score (nSPS) is 11.9. The van der Waals surface area contributed by atoms with E-state index in [1.54, 1.807) is 4.68 Å². The summed E-state index contributed by atoms with van der Waals surface area (Å²) < 4.78 is 25.7. The van der Waals surface area contributed by atoms with Crippen molar-refractivity contribution in [2.45, 2.75) is 13.3 Å². The zero-order valence-corrected chi connectivity index (χ0v) is 9.43. The second-order valence-corrected chi connectivity index (χ2v) is 5.15. The van der Waals surface area contributed by atoms with Crippen molar-refractivity contribution in [2.75, 3.05) is 12.8 Å². The van der Waals surface area contributed by atoms with E-state index in [1.165, 1.54) is 0 Å². The molecule has 0 atom stereocenters. The molecule has 0 bridgehead atoms. The molecule has 0 fully saturated rings. The third-order valence-corrected chi connectivity index (χ3v) is 2.64. The number of nitrogens with one attached hydrogen (secondary N) is 1. The Balaban J connectivity index is 2.47. The van der Waals surface area contributed by atoms with Crippen molar-refractivity contribution in [3.63, 3.8) is 0 Å². The lowest BCUT2D eigenvalue weighted by Crippen LogP contribution is -2.24. The number of aryl methyl sites for hydroxylation is 2. The quantitative estimate of drug-likeness (QED) is 0.761. The van der Waals surface area contributed by atoms with Gasteiger partial charge in [0.05, 0.1) is 11.9 Å². The van der Waals surface area contributed by atoms with Crippen molar-refractivity contribution in [1.82, 2.24) is 14.5 Å². The molecular weight excluding hydrogens is 202 g/mol. The number of aromatic nitrogens is 2. The summed E-state index contributed by atoms with van der Waals surface area (Å²) in [5, 5.41) is 4.21. The number of hydrogen-bond acceptors (Lipinski definition) is 3. The Bertz CT molecular complexity index is 389. The third kappa shape index (κ3) is 3.47. The highest BCUT2D eigenvalue weighted by atomic mass is 32.2. The molecule has 0 unspecified atom stereocenters. The van der Waals surface area contributed by atoms with Gasteiger partial charge in [0.25, 0.3) is 0 Å². The molecule has 1 heterocycles. The minimum absolute atomic E-state index is 0.398. The van der Waals surface area contributed by atoms with Crippen LogP contribution in [0.3, 0.4) is 0 Å². The Morgan fingerprint density at radius 2 is 2.21 bits per heavy atom. The van der Waals surface area contributed by atoms with Crippen molar-refractivity contribution in [2.24, 2.45) is 7.05 Å². The minimum atomic E-state index is -3.08. The topological polar surface area (TPSA) is 64.0 Å². The van der Waals surface area contributed by atoms with E-state index in [2.05, 4.69) is 9.82 Å². The lowest BCUT2D eigenvalue weighted by molar-refractivity contribution is 0.587. The Morgan fingerprint density at radius 1 is 1.57 bits per heavy atom. The maximum atomic E-state index is 10.8. The van der Waals surface area contributed by atoms with Gasteiger partial charge in [-0.05, 0) is 13.0 Å². The van der Waals surface area contributed by atoms with Crippen molar-refractivity contribution in [3.05, 3.63) is 17.5 Å². The van der Waals surface area contributed by atoms with Gasteiger partial charge in [0.2, 0.25) is 10.0 Å². The molecule has 14 heavy (non-hydrogen) atoms. The minimum Gasteiger partial charge on any atom is -0.273 e. The molecular formula is C8H15N3O2S. The fourth-order valence-electron chi connectivity index (χ4n) is 1.12. The summed E-state index contributed by atoms with van der Waals surface area (Å²) in [4.78, 5) is 0. The van der Waals surface area contributed by atoms with Gasteiger partial charge in [-0.3, -0.25) is 4.68 Å². The zero-order valence-electron chi connectivity index (χ0n) is 8.61. The van der Waals surface area contributed by atoms with E-state index in [4.69, 9.17) is 0 Å². The second-order valence-electron chi connectivity index (χ2n) is 3.32. The van der Waals surface area contributed by atoms with Crippen LogP contribution in [0.15, 0.2) is 6.07 Å². The molecule has 0 saturated heterocycles. The van der Waals surface area contributed by atoms with E-state index in [9.17, 15) is 8.42 Å². The summed E-state index contributed by atoms with van der Waals surface area (Å²) in [6, 6.07) is 1.95. The van der Waals surface area contributed by atoms with Gasteiger partial charge in [-0.2, -0.15) is 5.10 Å². The Labute approximate surface area is 84.2 Å². The van der Waals surface area contributed by atoms with Gasteiger partial charge < -0.3 is 0 Å². The van der Waals surface area contributed by atoms with Gasteiger partial charge in [-0.25, -0.2) is 13.1 Å². The lowest BCUT2D eigenvalue weighted by atomic mass is 10.3. The smallest absolute Gasteiger partial charge is 0.208 e. The van der Waals surface area contributed by atoms with Crippen molar-refractivity contribution in [3.8, 4) is 0 Å². The maximum Gasteiger partial charge on any atom is 0.208 e. The van der Waals surface area contributed by atoms with Crippen LogP contribution in [-0.4, -0.2) is 31.0 Å². The van der Waals surface area contributed by atoms with Crippen molar-refractivity contribution < 1.29 is 8.42 Å². The third-order valence-electron chi connectivity index (χ3n) is 1.91. The first-order valence-corrected chi connectivity index (χ1v) is 6.22. The predicted molar refractivity (Wildman–Crippen MR) is 54.5 cm³/mol. The van der Waals surface area contributed by atoms with Gasteiger partial charge in [-0.15, -0.1) is 0 Å². The van der Waals surface area contributed by atoms with Crippen molar-refractivity contribution >= 4 is 10.0 Å². The Kier molecular flexibility index (Phi) is 3.28. The number of nitrogens with zero attached hydrogens (tertiary/aromatic N) is 2. The fourth-order valence-corrected chi connectivity index (χ4v) is 1.59. The molecule has 0 amide bonds. The molecule has 6 heteroatoms. The summed E-state index contributed by atoms with van der Waals surface area (Å²) in [7, 11) is -1.22. The van der Waals surface area contributed by atoms with E-state index >= 15 is 0 Å². The fraction of sp³-hybridized carbons (Fsp3) is 0.625. The molecule has 1 aromatic heterocycles. The van der Waals surface area contributed by atoms with E-state index in [0.717, 1.165) is 17.6 Å². The Morgan fingerprint density at radius 3 is 2.64 bits per heavy atom. The molecule has 1 N–H and O–H groups in total. The van der Waals surface area contributed by atoms with Gasteiger partial charge in [0.15, 0.2) is 0 Å². The first-order valence-electron chi connectivity index (χ1n) is 4.32. The SMILES string of the molecule is Cc1cc(CCNS(C)(=O)=O)nn1C. The van der Waals surface area contributed by atoms with E-state index in [-0.39, 0.29) is 0 Å². The molecule has 0 radical (unpaired) electrons. The molecule has 1 rings (SSSR count). The van der Waals surface area contributed by atoms with Crippen LogP contribution in [0, 0.1) is 6.92 Å². The molecule has 5 nitrogen and oxygen atoms in total. The molecule has 0 saturated carbocycles. The highest BCUT2D eigenvalue weighted by Gasteiger charge is 2.03. The van der Waals surface area contributed by atoms with Crippen LogP contribution in [-0.2, 0) is 23.5 Å². The van der Waals surface area contributed by atoms with Crippen LogP contribution < -0.4 is 4.72 Å². The molecule has 80 valence electrons. The summed E-state index contributed by atoms with van der Waals surface area (Å²) in [6.07, 6.45) is 1.77. The monoisotopic (exact) mass is 217 g/mol. The van der Waals surface area contributed by atoms with Gasteiger partial charge in [0, 0.05) is 25.7 Å². The van der Waals surface area contributed by atoms with E-state index in [0.29, 0.717) is 13.0 Å². The van der Waals surface area contributed by atoms with Crippen LogP contribution >= 0.6 is 0 Å². The van der Waals surface area contributed by atoms with Crippen molar-refractivity contribution in [1.29, 1.82) is 0 Å². The molecule has 0 aliphatic rings. The Hall–Kier alpha value is -0.880. The zero-order chi connectivity index (χ0) is 10.8. The highest BCUT2D eigenvalue weighted by Crippen LogP contribution is 2.01. The summed E-state index contributed by atoms with van der Waals surface area (Å²) in [5.41, 5.74) is 1.97. The summed E-state index contributed by atoms with van der Waals surface area (Å²) in [5.74, 6) is 0. The summed E-state index contributed by atoms with van der Waals surface area (Å²) in [6.45, 7) is 2.36. The van der Waals surface area contributed by atoms with Gasteiger partial charge in [-0.1, -0.05) is 0 Å². The standard InChI is InChI=1S/C8H15N3O2S/c1-7-6-8(10-11(7)2)4-5-9-14(3,12)13/h6,9H,4-5H2,1-3H3. The molecule has 0 aliphatic heterocycles. The average Bonchev–Trinajstić information content (AvgIpc) is 2.28. The van der Waals surface area contributed by atoms with E-state index in [1.807, 2.05) is 20.0 Å². The first kappa shape index (κ1) is 11.2. The average molecular weight is 217 g/mol. The molecule has 1 aromatic rings. The van der Waals surface area contributed by atoms with Crippen LogP contribution in [0.4, 0.5) is 0 Å². The van der Waals surface area contributed by atoms with Crippen LogP contribution in [0.5, 0.6) is 0 Å². The van der Waals surface area contributed by atoms with Gasteiger partial charge in [0.1, 0.15) is 0 Å². The number of hydrogen-bond donors (Lipinski definition) is 1. The molecule has 0 spiro atoms. The van der Waals surface area contributed by atoms with Crippen LogP contribution in [0.1, 0.15) is 11.4 Å². The van der Waals surface area contributed by atoms with Crippen LogP contribution in [0.2, 0.25) is 0 Å². The lowest BCUT2D eigenvalue weighted by Gasteiger charge is -1.98. The van der Waals surface area contributed by atoms with Crippen LogP contribution in [0.25, 0.3) is 0 Å². The number of sulfonamides is 1. The molecule has 0 aromatic carbocycles. The predicted octanol–water partition coefficient (Wildman–Crippen LogP) is -0.180. The van der Waals surface area contributed by atoms with E-state index < -0.39 is 10.0 Å². The number of rotatable bonds is 4. The van der Waals surface area contributed by atoms with Gasteiger partial charge >= 0.3 is 0 Å². The summed E-state index contributed by atoms with van der Waals surface area (Å²) >= 11 is 0. The maximum absolute atomic E-state index is 10.8.